The van der Waals surface area contributed by atoms with Crippen LogP contribution in [0.3, 0.4) is 0 Å². The van der Waals surface area contributed by atoms with E-state index in [4.69, 9.17) is 4.52 Å². The average Bonchev–Trinajstić information content (AvgIpc) is 4.08. The van der Waals surface area contributed by atoms with E-state index in [9.17, 15) is 24.0 Å². The first kappa shape index (κ1) is 46.5. The van der Waals surface area contributed by atoms with E-state index in [1.165, 1.54) is 27.1 Å². The Labute approximate surface area is 340 Å². The molecule has 2 fully saturated rings. The average molecular weight is 805 g/mol. The van der Waals surface area contributed by atoms with E-state index in [1.807, 2.05) is 47.4 Å². The maximum absolute atomic E-state index is 12.6. The van der Waals surface area contributed by atoms with E-state index in [0.717, 1.165) is 66.4 Å². The van der Waals surface area contributed by atoms with Crippen LogP contribution in [-0.2, 0) is 23.9 Å². The monoisotopic (exact) mass is 804 g/mol. The molecule has 0 aliphatic carbocycles. The third kappa shape index (κ3) is 12.8. The molecule has 6 rings (SSSR count). The van der Waals surface area contributed by atoms with Crippen LogP contribution in [0.4, 0.5) is 15.4 Å². The second-order valence-corrected chi connectivity index (χ2v) is 13.9. The number of H-pyrrole nitrogens is 1. The molecule has 0 radical (unpaired) electrons. The maximum atomic E-state index is 12.6. The number of aromatic amines is 1. The predicted molar refractivity (Wildman–Crippen MR) is 223 cm³/mol. The van der Waals surface area contributed by atoms with E-state index in [-0.39, 0.29) is 24.4 Å². The molecule has 0 saturated carbocycles. The number of imidazole rings is 1. The quantitative estimate of drug-likeness (QED) is 0.117. The zero-order chi connectivity index (χ0) is 42.6. The Morgan fingerprint density at radius 3 is 2.16 bits per heavy atom. The van der Waals surface area contributed by atoms with Crippen molar-refractivity contribution in [1.82, 2.24) is 35.6 Å². The molecule has 5 amide bonds. The Bertz CT molecular complexity index is 1910. The molecule has 0 spiro atoms. The van der Waals surface area contributed by atoms with Crippen molar-refractivity contribution in [3.8, 4) is 22.4 Å². The van der Waals surface area contributed by atoms with Crippen LogP contribution < -0.4 is 16.0 Å². The minimum Gasteiger partial charge on any atom is -0.453 e. The number of nitrogens with zero attached hydrogens (tertiary/aromatic N) is 4. The highest BCUT2D eigenvalue weighted by Gasteiger charge is 2.32. The number of hydrogen-bond acceptors (Lipinski definition) is 10. The number of hydrogen-bond donors (Lipinski definition) is 4. The SMILES string of the molecule is CCC.CCC.CCC1CCCN1C(=O)C(C)NC(=O)OC.COC(=O)NCC(=O)N1CCCC1c1ncc(-c2ccc(-c3ccc4onc(NC=O)c4c3)cc2)[nH]1. The highest BCUT2D eigenvalue weighted by atomic mass is 16.5. The number of carbonyl (C=O) groups excluding carboxylic acids is 5. The fraction of sp³-hybridized carbons (Fsp3) is 0.500. The molecule has 16 nitrogen and oxygen atoms in total. The minimum absolute atomic E-state index is 0.0187. The molecule has 16 heteroatoms. The molecule has 4 heterocycles. The van der Waals surface area contributed by atoms with Gasteiger partial charge in [-0.1, -0.05) is 82.9 Å². The van der Waals surface area contributed by atoms with Crippen molar-refractivity contribution >= 4 is 47.2 Å². The van der Waals surface area contributed by atoms with Gasteiger partial charge in [0.05, 0.1) is 37.5 Å². The minimum atomic E-state index is -0.637. The molecule has 0 bridgehead atoms. The number of methoxy groups -OCH3 is 2. The number of alkyl carbamates (subject to hydrolysis) is 2. The molecule has 2 aromatic heterocycles. The van der Waals surface area contributed by atoms with Crippen LogP contribution in [0.5, 0.6) is 0 Å². The van der Waals surface area contributed by atoms with Gasteiger partial charge in [0.2, 0.25) is 18.2 Å². The molecule has 58 heavy (non-hydrogen) atoms. The molecule has 2 saturated heterocycles. The zero-order valence-corrected chi connectivity index (χ0v) is 35.1. The van der Waals surface area contributed by atoms with Crippen molar-refractivity contribution in [2.24, 2.45) is 0 Å². The van der Waals surface area contributed by atoms with Gasteiger partial charge in [0, 0.05) is 19.1 Å². The topological polar surface area (TPSA) is 201 Å². The Morgan fingerprint density at radius 1 is 0.897 bits per heavy atom. The number of fused-ring (bicyclic) bond motifs is 1. The van der Waals surface area contributed by atoms with Crippen LogP contribution >= 0.6 is 0 Å². The molecular weight excluding hydrogens is 745 g/mol. The lowest BCUT2D eigenvalue weighted by Gasteiger charge is -2.26. The molecule has 2 aliphatic rings. The van der Waals surface area contributed by atoms with Gasteiger partial charge in [0.25, 0.3) is 0 Å². The van der Waals surface area contributed by atoms with Crippen LogP contribution in [-0.4, -0.2) is 101 Å². The molecule has 4 N–H and O–H groups in total. The molecule has 4 aromatic rings. The largest absolute Gasteiger partial charge is 0.453 e. The molecule has 2 aliphatic heterocycles. The number of benzene rings is 2. The summed E-state index contributed by atoms with van der Waals surface area (Å²) in [5.41, 5.74) is 4.33. The van der Waals surface area contributed by atoms with Crippen molar-refractivity contribution in [1.29, 1.82) is 0 Å². The standard InChI is InChI=1S/C25H24N6O5.C11H20N2O3.2C3H8/c1-35-25(34)27-13-22(33)31-10-2-3-20(31)24-26-12-19(29-24)16-6-4-15(5-7-16)17-8-9-21-18(11-17)23(28-14-32)30-36-21;1-4-9-6-5-7-13(9)10(14)8(2)12-11(15)16-3;2*1-3-2/h4-9,11-12,14,20H,2-3,10,13H2,1H3,(H,26,29)(H,27,34)(H,28,30,32);8-9H,4-7H2,1-3H3,(H,12,15);2*3H2,1-2H3. The summed E-state index contributed by atoms with van der Waals surface area (Å²) in [7, 11) is 2.55. The summed E-state index contributed by atoms with van der Waals surface area (Å²) >= 11 is 0. The van der Waals surface area contributed by atoms with E-state index >= 15 is 0 Å². The lowest BCUT2D eigenvalue weighted by Crippen LogP contribution is -2.48. The van der Waals surface area contributed by atoms with Crippen LogP contribution in [0.1, 0.15) is 98.4 Å². The first-order valence-electron chi connectivity index (χ1n) is 20.0. The van der Waals surface area contributed by atoms with Crippen molar-refractivity contribution < 1.29 is 38.0 Å². The van der Waals surface area contributed by atoms with Crippen molar-refractivity contribution in [2.45, 2.75) is 105 Å². The summed E-state index contributed by atoms with van der Waals surface area (Å²) in [6, 6.07) is 13.3. The number of ether oxygens (including phenoxy) is 2. The number of likely N-dealkylation sites (tertiary alicyclic amines) is 2. The molecule has 316 valence electrons. The van der Waals surface area contributed by atoms with Gasteiger partial charge in [0.15, 0.2) is 11.4 Å². The van der Waals surface area contributed by atoms with Gasteiger partial charge < -0.3 is 44.7 Å². The smallest absolute Gasteiger partial charge is 0.407 e. The predicted octanol–water partition coefficient (Wildman–Crippen LogP) is 7.44. The second-order valence-electron chi connectivity index (χ2n) is 13.9. The highest BCUT2D eigenvalue weighted by Crippen LogP contribution is 2.33. The lowest BCUT2D eigenvalue weighted by molar-refractivity contribution is -0.134. The van der Waals surface area contributed by atoms with E-state index < -0.39 is 18.2 Å². The molecular formula is C42H60N8O8. The summed E-state index contributed by atoms with van der Waals surface area (Å²) in [6.45, 7) is 13.5. The fourth-order valence-corrected chi connectivity index (χ4v) is 6.54. The maximum Gasteiger partial charge on any atom is 0.407 e. The van der Waals surface area contributed by atoms with Gasteiger partial charge in [-0.3, -0.25) is 14.4 Å². The van der Waals surface area contributed by atoms with Crippen molar-refractivity contribution in [3.05, 3.63) is 54.5 Å². The molecule has 3 unspecified atom stereocenters. The van der Waals surface area contributed by atoms with E-state index in [2.05, 4.69) is 75.2 Å². The zero-order valence-electron chi connectivity index (χ0n) is 35.1. The van der Waals surface area contributed by atoms with E-state index in [1.54, 1.807) is 18.0 Å². The Hall–Kier alpha value is -5.93. The number of aromatic nitrogens is 3. The van der Waals surface area contributed by atoms with Gasteiger partial charge in [-0.25, -0.2) is 14.6 Å². The summed E-state index contributed by atoms with van der Waals surface area (Å²) in [4.78, 5) is 69.2. The summed E-state index contributed by atoms with van der Waals surface area (Å²) in [5, 5.41) is 12.1. The first-order valence-corrected chi connectivity index (χ1v) is 20.0. The number of rotatable bonds is 10. The van der Waals surface area contributed by atoms with Crippen LogP contribution in [0.25, 0.3) is 33.4 Å². The third-order valence-corrected chi connectivity index (χ3v) is 9.27. The van der Waals surface area contributed by atoms with E-state index in [0.29, 0.717) is 36.2 Å². The van der Waals surface area contributed by atoms with Gasteiger partial charge in [0.1, 0.15) is 18.4 Å². The van der Waals surface area contributed by atoms with Gasteiger partial charge in [-0.2, -0.15) is 0 Å². The third-order valence-electron chi connectivity index (χ3n) is 9.27. The van der Waals surface area contributed by atoms with Gasteiger partial charge >= 0.3 is 12.2 Å². The van der Waals surface area contributed by atoms with Crippen molar-refractivity contribution in [3.63, 3.8) is 0 Å². The Balaban J connectivity index is 0.000000341. The summed E-state index contributed by atoms with van der Waals surface area (Å²) in [5.74, 6) is 0.895. The first-order chi connectivity index (χ1) is 28.0. The van der Waals surface area contributed by atoms with Crippen molar-refractivity contribution in [2.75, 3.05) is 39.2 Å². The van der Waals surface area contributed by atoms with Crippen LogP contribution in [0, 0.1) is 0 Å². The Morgan fingerprint density at radius 2 is 1.52 bits per heavy atom. The van der Waals surface area contributed by atoms with Gasteiger partial charge in [-0.05, 0) is 67.9 Å². The number of nitrogens with one attached hydrogen (secondary N) is 4. The number of amides is 5. The lowest BCUT2D eigenvalue weighted by atomic mass is 10.0. The molecule has 3 atom stereocenters. The Kier molecular flexibility index (Phi) is 19.2. The number of carbonyl (C=O) groups is 5. The second kappa shape index (κ2) is 24.0. The van der Waals surface area contributed by atoms with Gasteiger partial charge in [-0.15, -0.1) is 0 Å². The van der Waals surface area contributed by atoms with Crippen LogP contribution in [0.15, 0.2) is 53.2 Å². The normalized spacial score (nSPS) is 16.0. The number of anilines is 1. The van der Waals surface area contributed by atoms with Crippen LogP contribution in [0.2, 0.25) is 0 Å². The summed E-state index contributed by atoms with van der Waals surface area (Å²) in [6.07, 6.45) is 8.37. The summed E-state index contributed by atoms with van der Waals surface area (Å²) < 4.78 is 14.2. The highest BCUT2D eigenvalue weighted by molar-refractivity contribution is 5.95. The molecule has 2 aromatic carbocycles. The fourth-order valence-electron chi connectivity index (χ4n) is 6.54.